The standard InChI is InChI=1S/C11H16/c1-3-5-7-9-11-10-8-6-4-2/h3,5,7,9H,4,6,8H2,1-2H3/b5-3+,9-7-. The maximum Gasteiger partial charge on any atom is 0.00921 e. The molecule has 0 rings (SSSR count). The maximum atomic E-state index is 3.07. The third-order valence-corrected chi connectivity index (χ3v) is 1.24. The lowest BCUT2D eigenvalue weighted by Gasteiger charge is -1.81. The van der Waals surface area contributed by atoms with Crippen LogP contribution in [0, 0.1) is 11.8 Å². The Morgan fingerprint density at radius 3 is 2.73 bits per heavy atom. The van der Waals surface area contributed by atoms with Crippen LogP contribution in [0.4, 0.5) is 0 Å². The lowest BCUT2D eigenvalue weighted by molar-refractivity contribution is 0.828. The van der Waals surface area contributed by atoms with E-state index < -0.39 is 0 Å². The van der Waals surface area contributed by atoms with E-state index in [-0.39, 0.29) is 0 Å². The van der Waals surface area contributed by atoms with Gasteiger partial charge in [0.1, 0.15) is 0 Å². The van der Waals surface area contributed by atoms with Crippen LogP contribution >= 0.6 is 0 Å². The Morgan fingerprint density at radius 1 is 1.27 bits per heavy atom. The van der Waals surface area contributed by atoms with Gasteiger partial charge in [0, 0.05) is 6.42 Å². The predicted molar refractivity (Wildman–Crippen MR) is 51.3 cm³/mol. The maximum absolute atomic E-state index is 3.07. The van der Waals surface area contributed by atoms with Crippen LogP contribution in [0.1, 0.15) is 33.1 Å². The molecule has 0 aromatic rings. The van der Waals surface area contributed by atoms with Gasteiger partial charge in [-0.05, 0) is 19.4 Å². The van der Waals surface area contributed by atoms with Gasteiger partial charge in [0.15, 0.2) is 0 Å². The van der Waals surface area contributed by atoms with Gasteiger partial charge in [-0.2, -0.15) is 0 Å². The quantitative estimate of drug-likeness (QED) is 0.327. The number of unbranched alkanes of at least 4 members (excludes halogenated alkanes) is 2. The van der Waals surface area contributed by atoms with Gasteiger partial charge < -0.3 is 0 Å². The van der Waals surface area contributed by atoms with E-state index in [4.69, 9.17) is 0 Å². The van der Waals surface area contributed by atoms with Crippen LogP contribution < -0.4 is 0 Å². The summed E-state index contributed by atoms with van der Waals surface area (Å²) in [5.41, 5.74) is 0. The number of hydrogen-bond donors (Lipinski definition) is 0. The van der Waals surface area contributed by atoms with Gasteiger partial charge in [-0.1, -0.05) is 43.4 Å². The van der Waals surface area contributed by atoms with E-state index in [0.29, 0.717) is 0 Å². The minimum atomic E-state index is 1.02. The van der Waals surface area contributed by atoms with Crippen molar-refractivity contribution in [2.24, 2.45) is 0 Å². The Kier molecular flexibility index (Phi) is 8.25. The van der Waals surface area contributed by atoms with Crippen molar-refractivity contribution >= 4 is 0 Å². The second-order valence-corrected chi connectivity index (χ2v) is 2.31. The highest BCUT2D eigenvalue weighted by Crippen LogP contribution is 1.90. The van der Waals surface area contributed by atoms with Gasteiger partial charge in [0.2, 0.25) is 0 Å². The molecule has 0 saturated heterocycles. The first-order chi connectivity index (χ1) is 5.41. The molecule has 0 bridgehead atoms. The second-order valence-electron chi connectivity index (χ2n) is 2.31. The van der Waals surface area contributed by atoms with Crippen LogP contribution in [0.5, 0.6) is 0 Å². The van der Waals surface area contributed by atoms with Crippen LogP contribution in [0.15, 0.2) is 24.3 Å². The molecule has 0 heteroatoms. The van der Waals surface area contributed by atoms with Gasteiger partial charge in [0.05, 0.1) is 0 Å². The third-order valence-electron chi connectivity index (χ3n) is 1.24. The molecule has 0 atom stereocenters. The highest BCUT2D eigenvalue weighted by Gasteiger charge is 1.73. The number of rotatable bonds is 3. The zero-order chi connectivity index (χ0) is 8.36. The molecule has 0 N–H and O–H groups in total. The number of allylic oxidation sites excluding steroid dienone is 4. The Labute approximate surface area is 70.0 Å². The summed E-state index contributed by atoms with van der Waals surface area (Å²) in [5.74, 6) is 6.05. The molecule has 11 heavy (non-hydrogen) atoms. The van der Waals surface area contributed by atoms with Gasteiger partial charge in [-0.25, -0.2) is 0 Å². The summed E-state index contributed by atoms with van der Waals surface area (Å²) in [6.45, 7) is 4.17. The summed E-state index contributed by atoms with van der Waals surface area (Å²) >= 11 is 0. The van der Waals surface area contributed by atoms with Crippen molar-refractivity contribution in [3.63, 3.8) is 0 Å². The Morgan fingerprint density at radius 2 is 2.09 bits per heavy atom. The van der Waals surface area contributed by atoms with E-state index >= 15 is 0 Å². The molecule has 0 aromatic carbocycles. The molecule has 60 valence electrons. The molecule has 0 aromatic heterocycles. The number of hydrogen-bond acceptors (Lipinski definition) is 0. The topological polar surface area (TPSA) is 0 Å². The van der Waals surface area contributed by atoms with Crippen LogP contribution in [0.2, 0.25) is 0 Å². The van der Waals surface area contributed by atoms with Crippen molar-refractivity contribution in [1.82, 2.24) is 0 Å². The smallest absolute Gasteiger partial charge is 0.00921 e. The van der Waals surface area contributed by atoms with Crippen molar-refractivity contribution in [2.45, 2.75) is 33.1 Å². The van der Waals surface area contributed by atoms with E-state index in [2.05, 4.69) is 18.8 Å². The zero-order valence-electron chi connectivity index (χ0n) is 7.43. The van der Waals surface area contributed by atoms with Crippen LogP contribution in [-0.2, 0) is 0 Å². The molecule has 0 fully saturated rings. The van der Waals surface area contributed by atoms with Gasteiger partial charge in [-0.15, -0.1) is 0 Å². The lowest BCUT2D eigenvalue weighted by Crippen LogP contribution is -1.65. The molecule has 0 aliphatic carbocycles. The van der Waals surface area contributed by atoms with Crippen molar-refractivity contribution in [3.05, 3.63) is 24.3 Å². The summed E-state index contributed by atoms with van der Waals surface area (Å²) < 4.78 is 0. The van der Waals surface area contributed by atoms with Crippen LogP contribution in [0.3, 0.4) is 0 Å². The largest absolute Gasteiger partial charge is 0.0985 e. The minimum absolute atomic E-state index is 1.02. The van der Waals surface area contributed by atoms with Gasteiger partial charge >= 0.3 is 0 Å². The van der Waals surface area contributed by atoms with Crippen LogP contribution in [0.25, 0.3) is 0 Å². The van der Waals surface area contributed by atoms with E-state index in [0.717, 1.165) is 6.42 Å². The van der Waals surface area contributed by atoms with Crippen LogP contribution in [-0.4, -0.2) is 0 Å². The van der Waals surface area contributed by atoms with E-state index in [1.807, 2.05) is 31.2 Å². The Bertz CT molecular complexity index is 174. The molecule has 0 nitrogen and oxygen atoms in total. The summed E-state index contributed by atoms with van der Waals surface area (Å²) in [5, 5.41) is 0. The fourth-order valence-corrected chi connectivity index (χ4v) is 0.611. The van der Waals surface area contributed by atoms with E-state index in [1.165, 1.54) is 12.8 Å². The first-order valence-electron chi connectivity index (χ1n) is 4.18. The average molecular weight is 148 g/mol. The Hall–Kier alpha value is -0.960. The fraction of sp³-hybridized carbons (Fsp3) is 0.455. The molecular formula is C11H16. The summed E-state index contributed by atoms with van der Waals surface area (Å²) in [4.78, 5) is 0. The van der Waals surface area contributed by atoms with Gasteiger partial charge in [0.25, 0.3) is 0 Å². The molecule has 0 saturated carbocycles. The third kappa shape index (κ3) is 9.04. The molecule has 0 spiro atoms. The molecule has 0 aliphatic rings. The summed E-state index contributed by atoms with van der Waals surface area (Å²) in [6, 6.07) is 0. The highest BCUT2D eigenvalue weighted by atomic mass is 13.8. The lowest BCUT2D eigenvalue weighted by atomic mass is 10.2. The van der Waals surface area contributed by atoms with Crippen molar-refractivity contribution in [1.29, 1.82) is 0 Å². The SMILES string of the molecule is C/C=C/C=C\C#CCCCC. The molecule has 0 aliphatic heterocycles. The predicted octanol–water partition coefficient (Wildman–Crippen LogP) is 3.31. The van der Waals surface area contributed by atoms with Crippen molar-refractivity contribution < 1.29 is 0 Å². The molecular weight excluding hydrogens is 132 g/mol. The Balaban J connectivity index is 3.39. The second kappa shape index (κ2) is 9.04. The highest BCUT2D eigenvalue weighted by molar-refractivity contribution is 5.19. The summed E-state index contributed by atoms with van der Waals surface area (Å²) in [6.07, 6.45) is 11.3. The van der Waals surface area contributed by atoms with Crippen molar-refractivity contribution in [3.8, 4) is 11.8 Å². The first kappa shape index (κ1) is 10.0. The first-order valence-corrected chi connectivity index (χ1v) is 4.18. The van der Waals surface area contributed by atoms with Crippen molar-refractivity contribution in [2.75, 3.05) is 0 Å². The van der Waals surface area contributed by atoms with E-state index in [9.17, 15) is 0 Å². The minimum Gasteiger partial charge on any atom is -0.0985 e. The molecule has 0 unspecified atom stereocenters. The average Bonchev–Trinajstić information content (AvgIpc) is 2.03. The normalized spacial score (nSPS) is 10.4. The van der Waals surface area contributed by atoms with Gasteiger partial charge in [-0.3, -0.25) is 0 Å². The monoisotopic (exact) mass is 148 g/mol. The van der Waals surface area contributed by atoms with E-state index in [1.54, 1.807) is 0 Å². The molecule has 0 amide bonds. The zero-order valence-corrected chi connectivity index (χ0v) is 7.43. The molecule has 0 heterocycles. The molecule has 0 radical (unpaired) electrons. The fourth-order valence-electron chi connectivity index (χ4n) is 0.611. The summed E-state index contributed by atoms with van der Waals surface area (Å²) in [7, 11) is 0.